The van der Waals surface area contributed by atoms with E-state index in [0.717, 1.165) is 30.0 Å². The van der Waals surface area contributed by atoms with Crippen LogP contribution in [0.5, 0.6) is 0 Å². The quantitative estimate of drug-likeness (QED) is 0.876. The van der Waals surface area contributed by atoms with Crippen molar-refractivity contribution in [3.63, 3.8) is 0 Å². The zero-order valence-corrected chi connectivity index (χ0v) is 16.1. The lowest BCUT2D eigenvalue weighted by molar-refractivity contribution is -0.143. The van der Waals surface area contributed by atoms with Crippen molar-refractivity contribution in [3.05, 3.63) is 16.1 Å². The Balaban J connectivity index is 0.00000192. The molecule has 23 heavy (non-hydrogen) atoms. The van der Waals surface area contributed by atoms with Gasteiger partial charge in [0.05, 0.1) is 22.7 Å². The minimum atomic E-state index is -0.186. The number of hydrogen-bond donors (Lipinski definition) is 1. The lowest BCUT2D eigenvalue weighted by Gasteiger charge is -2.37. The Morgan fingerprint density at radius 1 is 1.52 bits per heavy atom. The van der Waals surface area contributed by atoms with Gasteiger partial charge in [-0.3, -0.25) is 4.79 Å². The van der Waals surface area contributed by atoms with E-state index in [1.807, 2.05) is 11.9 Å². The molecule has 0 unspecified atom stereocenters. The number of halogens is 1. The molecule has 130 valence electrons. The number of aromatic nitrogens is 1. The van der Waals surface area contributed by atoms with E-state index in [-0.39, 0.29) is 17.8 Å². The Kier molecular flexibility index (Phi) is 5.75. The molecule has 3 heterocycles. The van der Waals surface area contributed by atoms with Gasteiger partial charge >= 0.3 is 0 Å². The third-order valence-electron chi connectivity index (χ3n) is 5.38. The second-order valence-corrected chi connectivity index (χ2v) is 8.09. The van der Waals surface area contributed by atoms with Gasteiger partial charge in [0, 0.05) is 30.4 Å². The molecule has 3 rings (SSSR count). The number of rotatable bonds is 5. The van der Waals surface area contributed by atoms with Crippen LogP contribution in [0, 0.1) is 5.41 Å². The number of nitrogens with zero attached hydrogens (tertiary/aromatic N) is 2. The molecule has 1 aromatic rings. The van der Waals surface area contributed by atoms with Crippen LogP contribution >= 0.6 is 23.7 Å². The lowest BCUT2D eigenvalue weighted by Crippen LogP contribution is -2.48. The van der Waals surface area contributed by atoms with Crippen molar-refractivity contribution in [2.45, 2.75) is 71.0 Å². The molecular weight excluding hydrogens is 330 g/mol. The average molecular weight is 358 g/mol. The number of fused-ring (bicyclic) bond motifs is 2. The first-order valence-electron chi connectivity index (χ1n) is 8.42. The summed E-state index contributed by atoms with van der Waals surface area (Å²) in [7, 11) is 1.93. The Bertz CT molecular complexity index is 562. The van der Waals surface area contributed by atoms with Gasteiger partial charge in [-0.1, -0.05) is 20.8 Å². The molecule has 0 aliphatic carbocycles. The minimum Gasteiger partial charge on any atom is -0.339 e. The second kappa shape index (κ2) is 7.08. The van der Waals surface area contributed by atoms with Crippen LogP contribution in [0.2, 0.25) is 0 Å². The van der Waals surface area contributed by atoms with E-state index < -0.39 is 0 Å². The fraction of sp³-hybridized carbons (Fsp3) is 0.765. The van der Waals surface area contributed by atoms with Crippen LogP contribution < -0.4 is 5.32 Å². The van der Waals surface area contributed by atoms with Gasteiger partial charge in [0.15, 0.2) is 0 Å². The number of nitrogens with one attached hydrogen (secondary N) is 1. The van der Waals surface area contributed by atoms with Gasteiger partial charge in [-0.05, 0) is 25.7 Å². The zero-order valence-electron chi connectivity index (χ0n) is 14.5. The number of carbonyl (C=O) groups is 1. The monoisotopic (exact) mass is 357 g/mol. The van der Waals surface area contributed by atoms with Crippen molar-refractivity contribution in [2.75, 3.05) is 7.05 Å². The summed E-state index contributed by atoms with van der Waals surface area (Å²) in [4.78, 5) is 19.7. The Labute approximate surface area is 149 Å². The second-order valence-electron chi connectivity index (χ2n) is 7.20. The highest BCUT2D eigenvalue weighted by Crippen LogP contribution is 2.46. The van der Waals surface area contributed by atoms with Crippen LogP contribution in [0.25, 0.3) is 0 Å². The van der Waals surface area contributed by atoms with E-state index >= 15 is 0 Å². The summed E-state index contributed by atoms with van der Waals surface area (Å²) >= 11 is 1.70. The number of amides is 1. The predicted octanol–water partition coefficient (Wildman–Crippen LogP) is 3.57. The molecule has 1 N–H and O–H groups in total. The first-order valence-corrected chi connectivity index (χ1v) is 9.30. The van der Waals surface area contributed by atoms with Gasteiger partial charge in [0.1, 0.15) is 0 Å². The van der Waals surface area contributed by atoms with Gasteiger partial charge in [0.2, 0.25) is 5.91 Å². The van der Waals surface area contributed by atoms with E-state index in [4.69, 9.17) is 0 Å². The van der Waals surface area contributed by atoms with Gasteiger partial charge in [0.25, 0.3) is 0 Å². The molecule has 0 saturated carbocycles. The predicted molar refractivity (Wildman–Crippen MR) is 97.2 cm³/mol. The molecule has 4 nitrogen and oxygen atoms in total. The molecule has 3 atom stereocenters. The molecular formula is C17H28ClN3OS. The molecule has 1 amide bonds. The maximum atomic E-state index is 13.1. The number of thiazole rings is 1. The summed E-state index contributed by atoms with van der Waals surface area (Å²) in [5.74, 6) is 0.755. The summed E-state index contributed by atoms with van der Waals surface area (Å²) in [6, 6.07) is 0.924. The van der Waals surface area contributed by atoms with Crippen molar-refractivity contribution < 1.29 is 4.79 Å². The van der Waals surface area contributed by atoms with Crippen LogP contribution in [0.4, 0.5) is 0 Å². The summed E-state index contributed by atoms with van der Waals surface area (Å²) < 4.78 is 0. The molecule has 6 heteroatoms. The topological polar surface area (TPSA) is 45.2 Å². The van der Waals surface area contributed by atoms with Crippen LogP contribution in [0.3, 0.4) is 0 Å². The molecule has 0 aromatic carbocycles. The Morgan fingerprint density at radius 3 is 2.74 bits per heavy atom. The maximum Gasteiger partial charge on any atom is 0.230 e. The molecule has 2 aliphatic heterocycles. The summed E-state index contributed by atoms with van der Waals surface area (Å²) in [5, 5.41) is 6.88. The number of hydrogen-bond acceptors (Lipinski definition) is 4. The fourth-order valence-corrected chi connectivity index (χ4v) is 4.96. The van der Waals surface area contributed by atoms with Crippen LogP contribution in [-0.2, 0) is 11.3 Å². The molecule has 2 fully saturated rings. The molecule has 2 aliphatic rings. The highest BCUT2D eigenvalue weighted by Gasteiger charge is 2.55. The smallest absolute Gasteiger partial charge is 0.230 e. The van der Waals surface area contributed by atoms with E-state index in [2.05, 4.69) is 36.5 Å². The number of carbonyl (C=O) groups excluding carboxylic acids is 1. The minimum absolute atomic E-state index is 0. The highest BCUT2D eigenvalue weighted by atomic mass is 35.5. The first kappa shape index (κ1) is 18.7. The molecule has 2 saturated heterocycles. The van der Waals surface area contributed by atoms with Crippen LogP contribution in [0.15, 0.2) is 5.38 Å². The molecule has 0 radical (unpaired) electrons. The van der Waals surface area contributed by atoms with E-state index in [0.29, 0.717) is 30.5 Å². The van der Waals surface area contributed by atoms with Gasteiger partial charge < -0.3 is 10.2 Å². The van der Waals surface area contributed by atoms with Gasteiger partial charge in [-0.15, -0.1) is 23.7 Å². The van der Waals surface area contributed by atoms with Crippen LogP contribution in [0.1, 0.15) is 63.1 Å². The van der Waals surface area contributed by atoms with Crippen molar-refractivity contribution >= 4 is 29.7 Å². The third-order valence-corrected chi connectivity index (χ3v) is 6.58. The summed E-state index contributed by atoms with van der Waals surface area (Å²) in [6.45, 7) is 7.10. The van der Waals surface area contributed by atoms with Gasteiger partial charge in [-0.25, -0.2) is 4.98 Å². The van der Waals surface area contributed by atoms with Crippen molar-refractivity contribution in [1.82, 2.24) is 15.2 Å². The molecule has 1 aromatic heterocycles. The molecule has 0 spiro atoms. The Morgan fingerprint density at radius 2 is 2.26 bits per heavy atom. The lowest BCUT2D eigenvalue weighted by atomic mass is 9.71. The largest absolute Gasteiger partial charge is 0.339 e. The summed E-state index contributed by atoms with van der Waals surface area (Å²) in [6.07, 6.45) is 4.31. The third kappa shape index (κ3) is 3.28. The van der Waals surface area contributed by atoms with Crippen molar-refractivity contribution in [1.29, 1.82) is 0 Å². The van der Waals surface area contributed by atoms with Crippen molar-refractivity contribution in [3.8, 4) is 0 Å². The van der Waals surface area contributed by atoms with E-state index in [1.54, 1.807) is 11.3 Å². The summed E-state index contributed by atoms with van der Waals surface area (Å²) in [5.41, 5.74) is 0.834. The fourth-order valence-electron chi connectivity index (χ4n) is 4.13. The van der Waals surface area contributed by atoms with Crippen LogP contribution in [-0.4, -0.2) is 34.9 Å². The highest BCUT2D eigenvalue weighted by molar-refractivity contribution is 7.09. The van der Waals surface area contributed by atoms with Crippen molar-refractivity contribution in [2.24, 2.45) is 5.41 Å². The Hall–Kier alpha value is -0.650. The maximum absolute atomic E-state index is 13.1. The first-order chi connectivity index (χ1) is 10.5. The van der Waals surface area contributed by atoms with Gasteiger partial charge in [-0.2, -0.15) is 0 Å². The molecule has 2 bridgehead atoms. The zero-order chi connectivity index (χ0) is 15.9. The standard InChI is InChI=1S/C17H27N3OS.ClH/c1-5-17(8-12-6-7-14(17)18-12)16(21)20(4)9-13-10-22-15(19-13)11(2)3;/h10-12,14,18H,5-9H2,1-4H3;1H/t12-,14+,17+;/m0./s1. The SMILES string of the molecule is CC[C@@]1(C(=O)N(C)Cc2csc(C(C)C)n2)C[C@@H]2CC[C@H]1N2.Cl. The van der Waals surface area contributed by atoms with E-state index in [9.17, 15) is 4.79 Å². The average Bonchev–Trinajstić information content (AvgIpc) is 3.21. The van der Waals surface area contributed by atoms with E-state index in [1.165, 1.54) is 6.42 Å². The normalized spacial score (nSPS) is 28.9.